The van der Waals surface area contributed by atoms with Crippen molar-refractivity contribution in [2.45, 2.75) is 244 Å². The second-order valence-electron chi connectivity index (χ2n) is 15.0. The molecule has 0 radical (unpaired) electrons. The normalized spacial score (nSPS) is 14.4. The van der Waals surface area contributed by atoms with Gasteiger partial charge in [0.2, 0.25) is 5.91 Å². The van der Waals surface area contributed by atoms with Crippen molar-refractivity contribution < 1.29 is 25.2 Å². The van der Waals surface area contributed by atoms with Crippen molar-refractivity contribution in [1.29, 1.82) is 0 Å². The van der Waals surface area contributed by atoms with Gasteiger partial charge in [-0.2, -0.15) is 0 Å². The molecule has 0 aliphatic heterocycles. The predicted molar refractivity (Wildman–Crippen MR) is 214 cm³/mol. The molecule has 0 rings (SSSR count). The molecule has 0 saturated carbocycles. The minimum Gasteiger partial charge on any atom is -0.394 e. The molecule has 1 amide bonds. The van der Waals surface area contributed by atoms with Gasteiger partial charge < -0.3 is 25.7 Å². The molecule has 0 aliphatic carbocycles. The summed E-state index contributed by atoms with van der Waals surface area (Å²) < 4.78 is 0. The SMILES string of the molecule is CCCCCCCCCCC/C=C\CCCCCCC(O)C(=O)NC(CO)C(O)C(O)CCC/C=C/CCCCCCCCCCCCCC. The van der Waals surface area contributed by atoms with Crippen LogP contribution < -0.4 is 5.32 Å². The Hall–Kier alpha value is -1.21. The first kappa shape index (κ1) is 48.8. The van der Waals surface area contributed by atoms with E-state index in [0.29, 0.717) is 12.8 Å². The van der Waals surface area contributed by atoms with E-state index in [1.165, 1.54) is 141 Å². The van der Waals surface area contributed by atoms with Gasteiger partial charge in [0, 0.05) is 0 Å². The molecule has 5 N–H and O–H groups in total. The van der Waals surface area contributed by atoms with Crippen LogP contribution in [0.25, 0.3) is 0 Å². The number of allylic oxidation sites excluding steroid dienone is 4. The van der Waals surface area contributed by atoms with Gasteiger partial charge in [-0.05, 0) is 64.2 Å². The number of hydrogen-bond acceptors (Lipinski definition) is 5. The molecule has 0 bridgehead atoms. The second kappa shape index (κ2) is 39.0. The van der Waals surface area contributed by atoms with Gasteiger partial charge in [-0.15, -0.1) is 0 Å². The molecular weight excluding hydrogens is 622 g/mol. The van der Waals surface area contributed by atoms with Crippen molar-refractivity contribution in [3.63, 3.8) is 0 Å². The minimum atomic E-state index is -1.28. The van der Waals surface area contributed by atoms with Gasteiger partial charge in [-0.25, -0.2) is 0 Å². The van der Waals surface area contributed by atoms with E-state index >= 15 is 0 Å². The number of aliphatic hydroxyl groups excluding tert-OH is 4. The van der Waals surface area contributed by atoms with Crippen LogP contribution in [0.2, 0.25) is 0 Å². The molecule has 0 aromatic heterocycles. The number of carbonyl (C=O) groups excluding carboxylic acids is 1. The summed E-state index contributed by atoms with van der Waals surface area (Å²) in [4.78, 5) is 12.5. The number of hydrogen-bond donors (Lipinski definition) is 5. The van der Waals surface area contributed by atoms with Crippen LogP contribution in [0.3, 0.4) is 0 Å². The summed E-state index contributed by atoms with van der Waals surface area (Å²) in [5.74, 6) is -0.601. The summed E-state index contributed by atoms with van der Waals surface area (Å²) in [5.41, 5.74) is 0. The maximum atomic E-state index is 12.5. The molecule has 4 atom stereocenters. The van der Waals surface area contributed by atoms with Crippen molar-refractivity contribution in [2.75, 3.05) is 6.61 Å². The zero-order valence-corrected chi connectivity index (χ0v) is 33.2. The van der Waals surface area contributed by atoms with E-state index in [4.69, 9.17) is 0 Å². The minimum absolute atomic E-state index is 0.350. The third-order valence-electron chi connectivity index (χ3n) is 10.1. The van der Waals surface area contributed by atoms with E-state index in [1.807, 2.05) is 0 Å². The van der Waals surface area contributed by atoms with Crippen LogP contribution in [-0.4, -0.2) is 57.3 Å². The second-order valence-corrected chi connectivity index (χ2v) is 15.0. The summed E-state index contributed by atoms with van der Waals surface area (Å²) in [6, 6.07) is -1.00. The summed E-state index contributed by atoms with van der Waals surface area (Å²) in [6.45, 7) is 4.04. The molecule has 0 fully saturated rings. The number of aliphatic hydroxyl groups is 4. The van der Waals surface area contributed by atoms with Crippen LogP contribution in [0, 0.1) is 0 Å². The lowest BCUT2D eigenvalue weighted by Crippen LogP contribution is -2.53. The van der Waals surface area contributed by atoms with E-state index < -0.39 is 36.9 Å². The topological polar surface area (TPSA) is 110 Å². The van der Waals surface area contributed by atoms with Crippen molar-refractivity contribution in [3.05, 3.63) is 24.3 Å². The highest BCUT2D eigenvalue weighted by Gasteiger charge is 2.28. The Morgan fingerprint density at radius 2 is 0.820 bits per heavy atom. The lowest BCUT2D eigenvalue weighted by atomic mass is 10.00. The average Bonchev–Trinajstić information content (AvgIpc) is 3.12. The molecule has 296 valence electrons. The fourth-order valence-corrected chi connectivity index (χ4v) is 6.63. The van der Waals surface area contributed by atoms with E-state index in [-0.39, 0.29) is 0 Å². The summed E-state index contributed by atoms with van der Waals surface area (Å²) in [7, 11) is 0. The van der Waals surface area contributed by atoms with Crippen LogP contribution in [0.4, 0.5) is 0 Å². The van der Waals surface area contributed by atoms with E-state index in [0.717, 1.165) is 51.4 Å². The van der Waals surface area contributed by atoms with Crippen LogP contribution in [0.1, 0.15) is 219 Å². The maximum absolute atomic E-state index is 12.5. The van der Waals surface area contributed by atoms with Crippen molar-refractivity contribution in [2.24, 2.45) is 0 Å². The Balaban J connectivity index is 3.80. The summed E-state index contributed by atoms with van der Waals surface area (Å²) in [5, 5.41) is 43.6. The van der Waals surface area contributed by atoms with Crippen molar-refractivity contribution in [3.8, 4) is 0 Å². The first-order valence-electron chi connectivity index (χ1n) is 21.7. The molecule has 0 aromatic rings. The Labute approximate surface area is 310 Å². The lowest BCUT2D eigenvalue weighted by molar-refractivity contribution is -0.132. The van der Waals surface area contributed by atoms with Gasteiger partial charge in [-0.1, -0.05) is 179 Å². The van der Waals surface area contributed by atoms with E-state index in [2.05, 4.69) is 43.5 Å². The quantitative estimate of drug-likeness (QED) is 0.0323. The molecule has 50 heavy (non-hydrogen) atoms. The first-order chi connectivity index (χ1) is 24.5. The van der Waals surface area contributed by atoms with Crippen molar-refractivity contribution in [1.82, 2.24) is 5.32 Å². The third-order valence-corrected chi connectivity index (χ3v) is 10.1. The molecule has 6 heteroatoms. The van der Waals surface area contributed by atoms with Crippen molar-refractivity contribution >= 4 is 5.91 Å². The smallest absolute Gasteiger partial charge is 0.249 e. The highest BCUT2D eigenvalue weighted by molar-refractivity contribution is 5.80. The van der Waals surface area contributed by atoms with Gasteiger partial charge in [0.05, 0.1) is 18.8 Å². The van der Waals surface area contributed by atoms with E-state index in [9.17, 15) is 25.2 Å². The monoisotopic (exact) mass is 708 g/mol. The highest BCUT2D eigenvalue weighted by atomic mass is 16.3. The Kier molecular flexibility index (Phi) is 38.1. The van der Waals surface area contributed by atoms with Gasteiger partial charge in [0.1, 0.15) is 12.2 Å². The standard InChI is InChI=1S/C44H85NO5/c1-3-5-7-9-11-13-15-17-19-21-23-25-27-29-31-33-35-37-41(47)43(49)40(39-46)45-44(50)42(48)38-36-34-32-30-28-26-24-22-20-18-16-14-12-10-8-6-4-2/h24,26,29,31,40-43,46-49H,3-23,25,27-28,30,32-39H2,1-2H3,(H,45,50)/b26-24-,31-29+. The fourth-order valence-electron chi connectivity index (χ4n) is 6.63. The Morgan fingerprint density at radius 1 is 0.480 bits per heavy atom. The molecule has 0 aliphatic rings. The summed E-state index contributed by atoms with van der Waals surface area (Å²) in [6.07, 6.45) is 43.5. The zero-order valence-electron chi connectivity index (χ0n) is 33.2. The van der Waals surface area contributed by atoms with E-state index in [1.54, 1.807) is 0 Å². The number of nitrogens with one attached hydrogen (secondary N) is 1. The van der Waals surface area contributed by atoms with Crippen LogP contribution in [0.5, 0.6) is 0 Å². The van der Waals surface area contributed by atoms with Gasteiger partial charge in [0.15, 0.2) is 0 Å². The number of carbonyl (C=O) groups is 1. The largest absolute Gasteiger partial charge is 0.394 e. The molecule has 0 heterocycles. The van der Waals surface area contributed by atoms with Crippen LogP contribution in [0.15, 0.2) is 24.3 Å². The van der Waals surface area contributed by atoms with Gasteiger partial charge in [0.25, 0.3) is 0 Å². The zero-order chi connectivity index (χ0) is 36.8. The number of rotatable bonds is 39. The lowest BCUT2D eigenvalue weighted by Gasteiger charge is -2.27. The molecule has 0 saturated heterocycles. The average molecular weight is 708 g/mol. The Morgan fingerprint density at radius 3 is 1.20 bits per heavy atom. The fraction of sp³-hybridized carbons (Fsp3) is 0.886. The van der Waals surface area contributed by atoms with Crippen LogP contribution >= 0.6 is 0 Å². The highest BCUT2D eigenvalue weighted by Crippen LogP contribution is 2.15. The Bertz CT molecular complexity index is 757. The number of amides is 1. The van der Waals surface area contributed by atoms with Gasteiger partial charge in [-0.3, -0.25) is 4.79 Å². The first-order valence-corrected chi connectivity index (χ1v) is 21.7. The molecular formula is C44H85NO5. The third kappa shape index (κ3) is 32.7. The van der Waals surface area contributed by atoms with Crippen LogP contribution in [-0.2, 0) is 4.79 Å². The molecule has 0 aromatic carbocycles. The number of unbranched alkanes of at least 4 members (excludes halogenated alkanes) is 26. The molecule has 4 unspecified atom stereocenters. The molecule has 6 nitrogen and oxygen atoms in total. The van der Waals surface area contributed by atoms with Gasteiger partial charge >= 0.3 is 0 Å². The predicted octanol–water partition coefficient (Wildman–Crippen LogP) is 11.2. The molecule has 0 spiro atoms. The summed E-state index contributed by atoms with van der Waals surface area (Å²) >= 11 is 0. The maximum Gasteiger partial charge on any atom is 0.249 e.